The molecule has 0 saturated carbocycles. The van der Waals surface area contributed by atoms with Crippen LogP contribution in [0, 0.1) is 0 Å². The summed E-state index contributed by atoms with van der Waals surface area (Å²) in [6, 6.07) is 15.0. The largest absolute Gasteiger partial charge is 0.494 e. The lowest BCUT2D eigenvalue weighted by molar-refractivity contribution is 0.0954. The van der Waals surface area contributed by atoms with Crippen molar-refractivity contribution >= 4 is 16.9 Å². The highest BCUT2D eigenvalue weighted by molar-refractivity contribution is 5.94. The van der Waals surface area contributed by atoms with Crippen molar-refractivity contribution < 1.29 is 9.53 Å². The van der Waals surface area contributed by atoms with Crippen molar-refractivity contribution in [2.45, 2.75) is 13.3 Å². The van der Waals surface area contributed by atoms with Crippen LogP contribution >= 0.6 is 0 Å². The van der Waals surface area contributed by atoms with Crippen molar-refractivity contribution in [1.82, 2.24) is 15.3 Å². The number of fused-ring (bicyclic) bond motifs is 1. The molecule has 0 fully saturated rings. The second-order valence-corrected chi connectivity index (χ2v) is 5.16. The van der Waals surface area contributed by atoms with Crippen LogP contribution in [0.3, 0.4) is 0 Å². The number of benzene rings is 2. The third kappa shape index (κ3) is 3.69. The van der Waals surface area contributed by atoms with E-state index in [4.69, 9.17) is 4.74 Å². The van der Waals surface area contributed by atoms with Gasteiger partial charge in [-0.1, -0.05) is 12.1 Å². The molecule has 1 heterocycles. The number of para-hydroxylation sites is 2. The van der Waals surface area contributed by atoms with E-state index in [-0.39, 0.29) is 5.91 Å². The highest BCUT2D eigenvalue weighted by Crippen LogP contribution is 2.12. The molecule has 0 saturated heterocycles. The molecule has 0 aliphatic heterocycles. The Morgan fingerprint density at radius 1 is 1.17 bits per heavy atom. The first-order valence-corrected chi connectivity index (χ1v) is 7.71. The van der Waals surface area contributed by atoms with Gasteiger partial charge in [0.05, 0.1) is 17.6 Å². The van der Waals surface area contributed by atoms with E-state index in [1.54, 1.807) is 24.3 Å². The number of nitrogens with one attached hydrogen (secondary N) is 2. The molecule has 118 valence electrons. The molecular weight excluding hydrogens is 290 g/mol. The fraction of sp³-hybridized carbons (Fsp3) is 0.222. The van der Waals surface area contributed by atoms with E-state index in [2.05, 4.69) is 15.3 Å². The summed E-state index contributed by atoms with van der Waals surface area (Å²) in [7, 11) is 0. The minimum absolute atomic E-state index is 0.0934. The Hall–Kier alpha value is -2.82. The first-order valence-electron chi connectivity index (χ1n) is 7.71. The summed E-state index contributed by atoms with van der Waals surface area (Å²) >= 11 is 0. The minimum atomic E-state index is -0.0934. The number of aromatic nitrogens is 2. The van der Waals surface area contributed by atoms with E-state index in [0.29, 0.717) is 25.1 Å². The Balaban J connectivity index is 1.54. The quantitative estimate of drug-likeness (QED) is 0.735. The van der Waals surface area contributed by atoms with Gasteiger partial charge in [0.25, 0.3) is 5.91 Å². The van der Waals surface area contributed by atoms with Crippen LogP contribution in [-0.2, 0) is 6.42 Å². The van der Waals surface area contributed by atoms with Crippen LogP contribution in [0.5, 0.6) is 5.75 Å². The van der Waals surface area contributed by atoms with Gasteiger partial charge < -0.3 is 15.0 Å². The van der Waals surface area contributed by atoms with E-state index >= 15 is 0 Å². The Kier molecular flexibility index (Phi) is 4.57. The lowest BCUT2D eigenvalue weighted by Gasteiger charge is -2.06. The van der Waals surface area contributed by atoms with Crippen LogP contribution in [0.4, 0.5) is 0 Å². The van der Waals surface area contributed by atoms with E-state index in [1.165, 1.54) is 0 Å². The Morgan fingerprint density at radius 3 is 2.70 bits per heavy atom. The SMILES string of the molecule is CCOc1ccc(C(=O)NCCc2nc3ccccc3[nH]2)cc1. The fourth-order valence-corrected chi connectivity index (χ4v) is 2.39. The van der Waals surface area contributed by atoms with Crippen molar-refractivity contribution in [1.29, 1.82) is 0 Å². The molecule has 0 atom stereocenters. The number of hydrogen-bond donors (Lipinski definition) is 2. The van der Waals surface area contributed by atoms with Crippen LogP contribution in [0.1, 0.15) is 23.1 Å². The van der Waals surface area contributed by atoms with Crippen molar-refractivity contribution in [3.05, 3.63) is 59.9 Å². The molecule has 3 rings (SSSR count). The molecule has 23 heavy (non-hydrogen) atoms. The zero-order valence-corrected chi connectivity index (χ0v) is 13.0. The maximum Gasteiger partial charge on any atom is 0.251 e. The number of ether oxygens (including phenoxy) is 1. The summed E-state index contributed by atoms with van der Waals surface area (Å²) in [6.07, 6.45) is 0.664. The molecule has 0 bridgehead atoms. The van der Waals surface area contributed by atoms with Gasteiger partial charge in [0.2, 0.25) is 0 Å². The Labute approximate surface area is 134 Å². The van der Waals surface area contributed by atoms with Crippen LogP contribution < -0.4 is 10.1 Å². The van der Waals surface area contributed by atoms with E-state index in [0.717, 1.165) is 22.6 Å². The summed E-state index contributed by atoms with van der Waals surface area (Å²) in [4.78, 5) is 19.8. The summed E-state index contributed by atoms with van der Waals surface area (Å²) in [6.45, 7) is 3.08. The van der Waals surface area contributed by atoms with E-state index < -0.39 is 0 Å². The number of nitrogens with zero attached hydrogens (tertiary/aromatic N) is 1. The molecule has 0 spiro atoms. The van der Waals surface area contributed by atoms with Gasteiger partial charge in [-0.15, -0.1) is 0 Å². The number of hydrogen-bond acceptors (Lipinski definition) is 3. The average molecular weight is 309 g/mol. The normalized spacial score (nSPS) is 10.7. The molecule has 5 nitrogen and oxygen atoms in total. The smallest absolute Gasteiger partial charge is 0.251 e. The lowest BCUT2D eigenvalue weighted by Crippen LogP contribution is -2.25. The van der Waals surface area contributed by atoms with Gasteiger partial charge in [-0.3, -0.25) is 4.79 Å². The number of rotatable bonds is 6. The molecule has 0 unspecified atom stereocenters. The number of aromatic amines is 1. The summed E-state index contributed by atoms with van der Waals surface area (Å²) in [5.74, 6) is 1.55. The second kappa shape index (κ2) is 6.96. The minimum Gasteiger partial charge on any atom is -0.494 e. The maximum atomic E-state index is 12.1. The first kappa shape index (κ1) is 15.1. The molecule has 1 amide bonds. The average Bonchev–Trinajstić information content (AvgIpc) is 2.98. The van der Waals surface area contributed by atoms with Crippen molar-refractivity contribution in [3.63, 3.8) is 0 Å². The molecule has 2 N–H and O–H groups in total. The molecule has 0 aliphatic rings. The Bertz CT molecular complexity index is 760. The van der Waals surface area contributed by atoms with Gasteiger partial charge in [0.1, 0.15) is 11.6 Å². The van der Waals surface area contributed by atoms with Crippen LogP contribution in [0.15, 0.2) is 48.5 Å². The maximum absolute atomic E-state index is 12.1. The van der Waals surface area contributed by atoms with Gasteiger partial charge in [0, 0.05) is 18.5 Å². The number of amides is 1. The fourth-order valence-electron chi connectivity index (χ4n) is 2.39. The van der Waals surface area contributed by atoms with Gasteiger partial charge in [-0.25, -0.2) is 4.98 Å². The topological polar surface area (TPSA) is 67.0 Å². The van der Waals surface area contributed by atoms with Gasteiger partial charge in [0.15, 0.2) is 0 Å². The van der Waals surface area contributed by atoms with Crippen LogP contribution in [0.2, 0.25) is 0 Å². The third-order valence-corrected chi connectivity index (χ3v) is 3.51. The molecule has 3 aromatic rings. The predicted octanol–water partition coefficient (Wildman–Crippen LogP) is 2.93. The summed E-state index contributed by atoms with van der Waals surface area (Å²) < 4.78 is 5.36. The van der Waals surface area contributed by atoms with E-state index in [1.807, 2.05) is 31.2 Å². The molecule has 2 aromatic carbocycles. The number of carbonyl (C=O) groups excluding carboxylic acids is 1. The molecule has 5 heteroatoms. The predicted molar refractivity (Wildman–Crippen MR) is 89.7 cm³/mol. The standard InChI is InChI=1S/C18H19N3O2/c1-2-23-14-9-7-13(8-10-14)18(22)19-12-11-17-20-15-5-3-4-6-16(15)21-17/h3-10H,2,11-12H2,1H3,(H,19,22)(H,20,21). The zero-order chi connectivity index (χ0) is 16.1. The molecular formula is C18H19N3O2. The van der Waals surface area contributed by atoms with Gasteiger partial charge >= 0.3 is 0 Å². The monoisotopic (exact) mass is 309 g/mol. The second-order valence-electron chi connectivity index (χ2n) is 5.16. The van der Waals surface area contributed by atoms with Crippen molar-refractivity contribution in [3.8, 4) is 5.75 Å². The molecule has 1 aromatic heterocycles. The molecule has 0 radical (unpaired) electrons. The first-order chi connectivity index (χ1) is 11.3. The summed E-state index contributed by atoms with van der Waals surface area (Å²) in [5, 5.41) is 2.90. The molecule has 0 aliphatic carbocycles. The third-order valence-electron chi connectivity index (χ3n) is 3.51. The van der Waals surface area contributed by atoms with Gasteiger partial charge in [-0.05, 0) is 43.3 Å². The highest BCUT2D eigenvalue weighted by Gasteiger charge is 2.06. The van der Waals surface area contributed by atoms with Crippen molar-refractivity contribution in [2.75, 3.05) is 13.2 Å². The van der Waals surface area contributed by atoms with Crippen molar-refractivity contribution in [2.24, 2.45) is 0 Å². The Morgan fingerprint density at radius 2 is 1.96 bits per heavy atom. The number of H-pyrrole nitrogens is 1. The number of carbonyl (C=O) groups is 1. The van der Waals surface area contributed by atoms with Crippen LogP contribution in [-0.4, -0.2) is 29.0 Å². The summed E-state index contributed by atoms with van der Waals surface area (Å²) in [5.41, 5.74) is 2.58. The van der Waals surface area contributed by atoms with E-state index in [9.17, 15) is 4.79 Å². The highest BCUT2D eigenvalue weighted by atomic mass is 16.5. The zero-order valence-electron chi connectivity index (χ0n) is 13.0. The lowest BCUT2D eigenvalue weighted by atomic mass is 10.2. The van der Waals surface area contributed by atoms with Crippen LogP contribution in [0.25, 0.3) is 11.0 Å². The number of imidazole rings is 1. The van der Waals surface area contributed by atoms with Gasteiger partial charge in [-0.2, -0.15) is 0 Å².